The van der Waals surface area contributed by atoms with Crippen molar-refractivity contribution >= 4 is 17.1 Å². The summed E-state index contributed by atoms with van der Waals surface area (Å²) in [6.45, 7) is 8.89. The summed E-state index contributed by atoms with van der Waals surface area (Å²) in [6.07, 6.45) is 0. The highest BCUT2D eigenvalue weighted by atomic mass is 15.1. The Labute approximate surface area is 122 Å². The van der Waals surface area contributed by atoms with Crippen molar-refractivity contribution in [1.82, 2.24) is 0 Å². The number of benzene rings is 2. The van der Waals surface area contributed by atoms with Gasteiger partial charge in [-0.15, -0.1) is 0 Å². The van der Waals surface area contributed by atoms with Gasteiger partial charge in [0.15, 0.2) is 0 Å². The van der Waals surface area contributed by atoms with E-state index in [1.54, 1.807) is 0 Å². The second-order valence-corrected chi connectivity index (χ2v) is 6.40. The molecule has 2 heteroatoms. The van der Waals surface area contributed by atoms with Crippen LogP contribution in [0.15, 0.2) is 42.5 Å². The molecule has 0 aliphatic rings. The third-order valence-corrected chi connectivity index (χ3v) is 3.70. The van der Waals surface area contributed by atoms with Crippen molar-refractivity contribution in [3.63, 3.8) is 0 Å². The van der Waals surface area contributed by atoms with Gasteiger partial charge >= 0.3 is 0 Å². The molecule has 2 rings (SSSR count). The number of nitrogen functional groups attached to an aromatic ring is 1. The van der Waals surface area contributed by atoms with Gasteiger partial charge in [0.25, 0.3) is 0 Å². The van der Waals surface area contributed by atoms with Crippen LogP contribution < -0.4 is 10.6 Å². The summed E-state index contributed by atoms with van der Waals surface area (Å²) in [4.78, 5) is 2.20. The number of nitrogens with zero attached hydrogens (tertiary/aromatic N) is 1. The average Bonchev–Trinajstić information content (AvgIpc) is 2.37. The maximum absolute atomic E-state index is 5.74. The highest BCUT2D eigenvalue weighted by Gasteiger charge is 2.15. The zero-order valence-corrected chi connectivity index (χ0v) is 13.1. The zero-order chi connectivity index (χ0) is 14.9. The van der Waals surface area contributed by atoms with Crippen LogP contribution in [-0.2, 0) is 5.41 Å². The smallest absolute Gasteiger partial charge is 0.0437 e. The van der Waals surface area contributed by atoms with Crippen LogP contribution in [0.25, 0.3) is 0 Å². The van der Waals surface area contributed by atoms with E-state index in [-0.39, 0.29) is 5.41 Å². The monoisotopic (exact) mass is 268 g/mol. The molecule has 0 saturated heterocycles. The maximum atomic E-state index is 5.74. The molecule has 0 saturated carbocycles. The van der Waals surface area contributed by atoms with Crippen molar-refractivity contribution in [1.29, 1.82) is 0 Å². The van der Waals surface area contributed by atoms with E-state index in [4.69, 9.17) is 5.73 Å². The number of aryl methyl sites for hydroxylation is 1. The first-order chi connectivity index (χ1) is 9.29. The lowest BCUT2D eigenvalue weighted by molar-refractivity contribution is 0.590. The van der Waals surface area contributed by atoms with E-state index in [0.29, 0.717) is 0 Å². The maximum Gasteiger partial charge on any atom is 0.0437 e. The molecule has 0 unspecified atom stereocenters. The lowest BCUT2D eigenvalue weighted by atomic mass is 9.86. The average molecular weight is 268 g/mol. The Morgan fingerprint density at radius 1 is 0.950 bits per heavy atom. The molecule has 0 radical (unpaired) electrons. The molecule has 0 spiro atoms. The number of nitrogens with two attached hydrogens (primary N) is 1. The lowest BCUT2D eigenvalue weighted by Crippen LogP contribution is -2.14. The molecule has 0 heterocycles. The van der Waals surface area contributed by atoms with Gasteiger partial charge in [0, 0.05) is 24.1 Å². The summed E-state index contributed by atoms with van der Waals surface area (Å²) in [5, 5.41) is 0. The normalized spacial score (nSPS) is 11.4. The van der Waals surface area contributed by atoms with Crippen LogP contribution in [0.1, 0.15) is 31.9 Å². The summed E-state index contributed by atoms with van der Waals surface area (Å²) < 4.78 is 0. The molecule has 0 aliphatic carbocycles. The molecular weight excluding hydrogens is 244 g/mol. The van der Waals surface area contributed by atoms with E-state index in [1.165, 1.54) is 16.8 Å². The first-order valence-electron chi connectivity index (χ1n) is 6.99. The summed E-state index contributed by atoms with van der Waals surface area (Å²) in [6, 6.07) is 14.7. The third-order valence-electron chi connectivity index (χ3n) is 3.70. The Balaban J connectivity index is 2.36. The quantitative estimate of drug-likeness (QED) is 0.804. The molecule has 0 fully saturated rings. The Hall–Kier alpha value is -1.96. The lowest BCUT2D eigenvalue weighted by Gasteiger charge is -2.25. The second kappa shape index (κ2) is 5.20. The number of rotatable bonds is 2. The Kier molecular flexibility index (Phi) is 3.76. The van der Waals surface area contributed by atoms with E-state index < -0.39 is 0 Å². The minimum Gasteiger partial charge on any atom is -0.399 e. The van der Waals surface area contributed by atoms with Gasteiger partial charge in [-0.05, 0) is 53.8 Å². The highest BCUT2D eigenvalue weighted by Crippen LogP contribution is 2.31. The number of hydrogen-bond acceptors (Lipinski definition) is 2. The molecule has 106 valence electrons. The minimum atomic E-state index is 0.184. The molecule has 2 aromatic rings. The first kappa shape index (κ1) is 14.4. The van der Waals surface area contributed by atoms with Gasteiger partial charge in [-0.1, -0.05) is 32.9 Å². The van der Waals surface area contributed by atoms with Crippen LogP contribution in [0.2, 0.25) is 0 Å². The minimum absolute atomic E-state index is 0.184. The van der Waals surface area contributed by atoms with Crippen LogP contribution in [0, 0.1) is 6.92 Å². The van der Waals surface area contributed by atoms with E-state index in [1.807, 2.05) is 24.3 Å². The van der Waals surface area contributed by atoms with Crippen molar-refractivity contribution < 1.29 is 0 Å². The van der Waals surface area contributed by atoms with Gasteiger partial charge in [-0.25, -0.2) is 0 Å². The molecular formula is C18H24N2. The van der Waals surface area contributed by atoms with Crippen molar-refractivity contribution in [2.45, 2.75) is 33.1 Å². The molecule has 2 aromatic carbocycles. The molecule has 0 amide bonds. The van der Waals surface area contributed by atoms with Crippen LogP contribution in [-0.4, -0.2) is 7.05 Å². The Bertz CT molecular complexity index is 592. The van der Waals surface area contributed by atoms with E-state index in [0.717, 1.165) is 11.4 Å². The Morgan fingerprint density at radius 3 is 2.05 bits per heavy atom. The van der Waals surface area contributed by atoms with Gasteiger partial charge in [-0.3, -0.25) is 0 Å². The second-order valence-electron chi connectivity index (χ2n) is 6.40. The third kappa shape index (κ3) is 2.96. The fraction of sp³-hybridized carbons (Fsp3) is 0.333. The molecule has 20 heavy (non-hydrogen) atoms. The fourth-order valence-corrected chi connectivity index (χ4v) is 2.34. The summed E-state index contributed by atoms with van der Waals surface area (Å²) in [5.41, 5.74) is 11.7. The topological polar surface area (TPSA) is 29.3 Å². The van der Waals surface area contributed by atoms with Crippen molar-refractivity contribution in [2.24, 2.45) is 0 Å². The summed E-state index contributed by atoms with van der Waals surface area (Å²) in [7, 11) is 2.09. The standard InChI is InChI=1S/C18H24N2/c1-13-12-14(18(2,3)4)6-11-17(13)20(5)16-9-7-15(19)8-10-16/h6-12H,19H2,1-5H3. The van der Waals surface area contributed by atoms with Crippen LogP contribution in [0.4, 0.5) is 17.1 Å². The van der Waals surface area contributed by atoms with Crippen molar-refractivity contribution in [2.75, 3.05) is 17.7 Å². The van der Waals surface area contributed by atoms with E-state index in [9.17, 15) is 0 Å². The molecule has 0 aliphatic heterocycles. The predicted octanol–water partition coefficient (Wildman–Crippen LogP) is 4.64. The van der Waals surface area contributed by atoms with Gasteiger partial charge in [0.2, 0.25) is 0 Å². The van der Waals surface area contributed by atoms with Crippen molar-refractivity contribution in [3.8, 4) is 0 Å². The largest absolute Gasteiger partial charge is 0.399 e. The molecule has 0 aromatic heterocycles. The highest BCUT2D eigenvalue weighted by molar-refractivity contribution is 5.67. The van der Waals surface area contributed by atoms with Crippen LogP contribution >= 0.6 is 0 Å². The van der Waals surface area contributed by atoms with Crippen LogP contribution in [0.5, 0.6) is 0 Å². The summed E-state index contributed by atoms with van der Waals surface area (Å²) in [5.74, 6) is 0. The van der Waals surface area contributed by atoms with E-state index >= 15 is 0 Å². The molecule has 2 nitrogen and oxygen atoms in total. The summed E-state index contributed by atoms with van der Waals surface area (Å²) >= 11 is 0. The van der Waals surface area contributed by atoms with Crippen molar-refractivity contribution in [3.05, 3.63) is 53.6 Å². The SMILES string of the molecule is Cc1cc(C(C)(C)C)ccc1N(C)c1ccc(N)cc1. The molecule has 0 atom stereocenters. The van der Waals surface area contributed by atoms with Gasteiger partial charge in [0.1, 0.15) is 0 Å². The predicted molar refractivity (Wildman–Crippen MR) is 88.8 cm³/mol. The number of hydrogen-bond donors (Lipinski definition) is 1. The fourth-order valence-electron chi connectivity index (χ4n) is 2.34. The van der Waals surface area contributed by atoms with Gasteiger partial charge < -0.3 is 10.6 Å². The Morgan fingerprint density at radius 2 is 1.55 bits per heavy atom. The molecule has 0 bridgehead atoms. The molecule has 2 N–H and O–H groups in total. The van der Waals surface area contributed by atoms with Gasteiger partial charge in [0.05, 0.1) is 0 Å². The number of anilines is 3. The van der Waals surface area contributed by atoms with E-state index in [2.05, 4.69) is 57.8 Å². The van der Waals surface area contributed by atoms with Crippen LogP contribution in [0.3, 0.4) is 0 Å². The van der Waals surface area contributed by atoms with Gasteiger partial charge in [-0.2, -0.15) is 0 Å². The zero-order valence-electron chi connectivity index (χ0n) is 13.1. The first-order valence-corrected chi connectivity index (χ1v) is 6.99.